The molecule has 0 aliphatic carbocycles. The zero-order chi connectivity index (χ0) is 18.2. The second-order valence-corrected chi connectivity index (χ2v) is 6.10. The summed E-state index contributed by atoms with van der Waals surface area (Å²) in [6.07, 6.45) is 8.97. The van der Waals surface area contributed by atoms with Crippen molar-refractivity contribution in [1.29, 1.82) is 0 Å². The summed E-state index contributed by atoms with van der Waals surface area (Å²) in [5.41, 5.74) is 1.01. The first kappa shape index (κ1) is 22.7. The summed E-state index contributed by atoms with van der Waals surface area (Å²) in [5.74, 6) is -0.701. The monoisotopic (exact) mass is 340 g/mol. The number of ether oxygens (including phenoxy) is 2. The van der Waals surface area contributed by atoms with Crippen LogP contribution < -0.4 is 0 Å². The fourth-order valence-corrected chi connectivity index (χ4v) is 2.38. The van der Waals surface area contributed by atoms with Crippen LogP contribution >= 0.6 is 0 Å². The number of hydrogen-bond acceptors (Lipinski definition) is 4. The molecule has 0 rings (SSSR count). The third-order valence-corrected chi connectivity index (χ3v) is 3.95. The number of rotatable bonds is 14. The van der Waals surface area contributed by atoms with Crippen molar-refractivity contribution in [2.75, 3.05) is 13.2 Å². The molecule has 0 saturated carbocycles. The van der Waals surface area contributed by atoms with Crippen LogP contribution in [-0.4, -0.2) is 25.2 Å². The van der Waals surface area contributed by atoms with Gasteiger partial charge in [-0.05, 0) is 32.1 Å². The summed E-state index contributed by atoms with van der Waals surface area (Å²) < 4.78 is 10.7. The van der Waals surface area contributed by atoms with Gasteiger partial charge in [-0.15, -0.1) is 0 Å². The summed E-state index contributed by atoms with van der Waals surface area (Å²) >= 11 is 0. The number of esters is 2. The molecule has 140 valence electrons. The van der Waals surface area contributed by atoms with Crippen molar-refractivity contribution in [3.8, 4) is 0 Å². The van der Waals surface area contributed by atoms with Crippen LogP contribution in [0, 0.1) is 0 Å². The van der Waals surface area contributed by atoms with E-state index in [2.05, 4.69) is 20.8 Å². The third kappa shape index (κ3) is 9.74. The van der Waals surface area contributed by atoms with Crippen molar-refractivity contribution in [2.45, 2.75) is 91.9 Å². The van der Waals surface area contributed by atoms with Crippen LogP contribution in [0.3, 0.4) is 0 Å². The quantitative estimate of drug-likeness (QED) is 0.243. The van der Waals surface area contributed by atoms with E-state index in [4.69, 9.17) is 9.47 Å². The van der Waals surface area contributed by atoms with E-state index in [1.54, 1.807) is 0 Å². The van der Waals surface area contributed by atoms with Crippen molar-refractivity contribution in [2.24, 2.45) is 0 Å². The molecule has 0 aromatic rings. The lowest BCUT2D eigenvalue weighted by Crippen LogP contribution is -2.17. The molecule has 4 heteroatoms. The maximum absolute atomic E-state index is 12.4. The summed E-state index contributed by atoms with van der Waals surface area (Å²) in [5, 5.41) is 0. The number of unbranched alkanes of at least 4 members (excludes halogenated alkanes) is 5. The highest BCUT2D eigenvalue weighted by molar-refractivity contribution is 6.00. The fraction of sp³-hybridized carbons (Fsp3) is 0.800. The molecule has 0 aliphatic rings. The zero-order valence-corrected chi connectivity index (χ0v) is 16.1. The molecule has 0 N–H and O–H groups in total. The molecule has 0 aliphatic heterocycles. The Kier molecular flexibility index (Phi) is 14.4. The van der Waals surface area contributed by atoms with Crippen LogP contribution in [-0.2, 0) is 19.1 Å². The Morgan fingerprint density at radius 1 is 0.625 bits per heavy atom. The molecule has 0 amide bonds. The largest absolute Gasteiger partial charge is 0.462 e. The Morgan fingerprint density at radius 2 is 1.12 bits per heavy atom. The summed E-state index contributed by atoms with van der Waals surface area (Å²) in [7, 11) is 0. The van der Waals surface area contributed by atoms with E-state index in [0.29, 0.717) is 37.2 Å². The first-order chi connectivity index (χ1) is 11.6. The van der Waals surface area contributed by atoms with Gasteiger partial charge in [0.05, 0.1) is 13.2 Å². The maximum Gasteiger partial charge on any atom is 0.334 e. The highest BCUT2D eigenvalue weighted by Gasteiger charge is 2.21. The molecule has 0 spiro atoms. The van der Waals surface area contributed by atoms with Gasteiger partial charge in [0.15, 0.2) is 0 Å². The van der Waals surface area contributed by atoms with Gasteiger partial charge in [0.25, 0.3) is 0 Å². The van der Waals surface area contributed by atoms with Crippen LogP contribution in [0.25, 0.3) is 0 Å². The molecule has 0 fully saturated rings. The predicted molar refractivity (Wildman–Crippen MR) is 97.8 cm³/mol. The Bertz CT molecular complexity index is 385. The van der Waals surface area contributed by atoms with Gasteiger partial charge in [-0.1, -0.05) is 59.8 Å². The first-order valence-electron chi connectivity index (χ1n) is 9.68. The van der Waals surface area contributed by atoms with Crippen molar-refractivity contribution < 1.29 is 19.1 Å². The molecule has 0 saturated heterocycles. The van der Waals surface area contributed by atoms with Gasteiger partial charge in [0, 0.05) is 11.1 Å². The third-order valence-electron chi connectivity index (χ3n) is 3.95. The second kappa shape index (κ2) is 15.2. The van der Waals surface area contributed by atoms with Crippen LogP contribution in [0.4, 0.5) is 0 Å². The van der Waals surface area contributed by atoms with Crippen molar-refractivity contribution in [3.05, 3.63) is 11.1 Å². The van der Waals surface area contributed by atoms with Gasteiger partial charge in [-0.25, -0.2) is 9.59 Å². The molecular weight excluding hydrogens is 304 g/mol. The minimum Gasteiger partial charge on any atom is -0.462 e. The van der Waals surface area contributed by atoms with Gasteiger partial charge >= 0.3 is 11.9 Å². The molecule has 0 heterocycles. The molecule has 4 nitrogen and oxygen atoms in total. The molecule has 0 aromatic carbocycles. The smallest absolute Gasteiger partial charge is 0.334 e. The Labute approximate surface area is 148 Å². The number of carbonyl (C=O) groups excluding carboxylic acids is 2. The molecule has 0 radical (unpaired) electrons. The minimum absolute atomic E-state index is 0.343. The normalized spacial score (nSPS) is 11.8. The highest BCUT2D eigenvalue weighted by Crippen LogP contribution is 2.20. The summed E-state index contributed by atoms with van der Waals surface area (Å²) in [4.78, 5) is 24.8. The lowest BCUT2D eigenvalue weighted by atomic mass is 9.99. The topological polar surface area (TPSA) is 52.6 Å². The van der Waals surface area contributed by atoms with Gasteiger partial charge in [0.2, 0.25) is 0 Å². The molecule has 24 heavy (non-hydrogen) atoms. The van der Waals surface area contributed by atoms with E-state index >= 15 is 0 Å². The van der Waals surface area contributed by atoms with E-state index in [0.717, 1.165) is 51.4 Å². The van der Waals surface area contributed by atoms with Gasteiger partial charge in [-0.3, -0.25) is 0 Å². The zero-order valence-electron chi connectivity index (χ0n) is 16.1. The molecule has 0 aromatic heterocycles. The fourth-order valence-electron chi connectivity index (χ4n) is 2.38. The lowest BCUT2D eigenvalue weighted by Gasteiger charge is -2.14. The Hall–Kier alpha value is -1.32. The van der Waals surface area contributed by atoms with Gasteiger partial charge in [0.1, 0.15) is 0 Å². The van der Waals surface area contributed by atoms with E-state index in [-0.39, 0.29) is 11.9 Å². The van der Waals surface area contributed by atoms with E-state index < -0.39 is 0 Å². The number of hydrogen-bond donors (Lipinski definition) is 0. The van der Waals surface area contributed by atoms with Crippen molar-refractivity contribution >= 4 is 11.9 Å². The Balaban J connectivity index is 5.02. The Morgan fingerprint density at radius 3 is 1.58 bits per heavy atom. The standard InChI is InChI=1S/C20H36O4/c1-5-9-12-13-14-18(20(22)24-16-11-7-3)17(8-4)19(21)23-15-10-6-2/h5-16H2,1-4H3. The molecule has 0 bridgehead atoms. The predicted octanol–water partition coefficient (Wildman–Crippen LogP) is 5.35. The summed E-state index contributed by atoms with van der Waals surface area (Å²) in [6.45, 7) is 8.97. The van der Waals surface area contributed by atoms with Crippen molar-refractivity contribution in [3.63, 3.8) is 0 Å². The van der Waals surface area contributed by atoms with E-state index in [1.165, 1.54) is 0 Å². The SMILES string of the molecule is CCCCCCC(C(=O)OCCCC)=C(CC)C(=O)OCCCC. The molecule has 0 unspecified atom stereocenters. The number of carbonyl (C=O) groups is 2. The highest BCUT2D eigenvalue weighted by atomic mass is 16.5. The average Bonchev–Trinajstić information content (AvgIpc) is 2.58. The summed E-state index contributed by atoms with van der Waals surface area (Å²) in [6, 6.07) is 0. The van der Waals surface area contributed by atoms with E-state index in [1.807, 2.05) is 6.92 Å². The van der Waals surface area contributed by atoms with Crippen LogP contribution in [0.1, 0.15) is 91.9 Å². The second-order valence-electron chi connectivity index (χ2n) is 6.10. The minimum atomic E-state index is -0.358. The average molecular weight is 341 g/mol. The van der Waals surface area contributed by atoms with E-state index in [9.17, 15) is 9.59 Å². The van der Waals surface area contributed by atoms with Crippen molar-refractivity contribution in [1.82, 2.24) is 0 Å². The van der Waals surface area contributed by atoms with Gasteiger partial charge in [-0.2, -0.15) is 0 Å². The van der Waals surface area contributed by atoms with Crippen LogP contribution in [0.2, 0.25) is 0 Å². The first-order valence-corrected chi connectivity index (χ1v) is 9.68. The van der Waals surface area contributed by atoms with Crippen LogP contribution in [0.5, 0.6) is 0 Å². The van der Waals surface area contributed by atoms with Gasteiger partial charge < -0.3 is 9.47 Å². The van der Waals surface area contributed by atoms with Crippen LogP contribution in [0.15, 0.2) is 11.1 Å². The lowest BCUT2D eigenvalue weighted by molar-refractivity contribution is -0.142. The molecular formula is C20H36O4. The molecule has 0 atom stereocenters. The maximum atomic E-state index is 12.4.